The number of rotatable bonds is 3. The molecule has 1 aromatic carbocycles. The van der Waals surface area contributed by atoms with Crippen LogP contribution in [0.1, 0.15) is 5.56 Å². The molecule has 0 atom stereocenters. The van der Waals surface area contributed by atoms with E-state index in [2.05, 4.69) is 0 Å². The molecule has 0 unspecified atom stereocenters. The molecule has 0 saturated heterocycles. The van der Waals surface area contributed by atoms with Crippen LogP contribution >= 0.6 is 10.7 Å². The molecule has 0 radical (unpaired) electrons. The van der Waals surface area contributed by atoms with Crippen molar-refractivity contribution in [3.05, 3.63) is 35.9 Å². The van der Waals surface area contributed by atoms with Gasteiger partial charge in [-0.2, -0.15) is 0 Å². The van der Waals surface area contributed by atoms with Crippen molar-refractivity contribution in [3.8, 4) is 0 Å². The van der Waals surface area contributed by atoms with Crippen LogP contribution < -0.4 is 0 Å². The summed E-state index contributed by atoms with van der Waals surface area (Å²) in [5.41, 5.74) is 0.458. The number of carboxylic acid groups (broad SMARTS) is 1. The largest absolute Gasteiger partial charge is 0.478 e. The molecule has 4 nitrogen and oxygen atoms in total. The minimum Gasteiger partial charge on any atom is -0.478 e. The number of halogens is 1. The Morgan fingerprint density at radius 2 is 2.07 bits per heavy atom. The summed E-state index contributed by atoms with van der Waals surface area (Å²) in [7, 11) is 1.35. The van der Waals surface area contributed by atoms with Gasteiger partial charge in [0, 0.05) is 16.8 Å². The van der Waals surface area contributed by atoms with Gasteiger partial charge in [-0.1, -0.05) is 12.1 Å². The molecule has 6 heteroatoms. The van der Waals surface area contributed by atoms with Gasteiger partial charge in [0.1, 0.15) is 0 Å². The van der Waals surface area contributed by atoms with Crippen LogP contribution in [0, 0.1) is 0 Å². The first-order valence-electron chi connectivity index (χ1n) is 3.85. The zero-order chi connectivity index (χ0) is 11.5. The van der Waals surface area contributed by atoms with Gasteiger partial charge in [0.05, 0.1) is 4.90 Å². The monoisotopic (exact) mass is 246 g/mol. The van der Waals surface area contributed by atoms with E-state index in [1.54, 1.807) is 6.07 Å². The maximum absolute atomic E-state index is 10.9. The highest BCUT2D eigenvalue weighted by Crippen LogP contribution is 2.16. The lowest BCUT2D eigenvalue weighted by Gasteiger charge is -1.97. The summed E-state index contributed by atoms with van der Waals surface area (Å²) in [5, 5.41) is 8.37. The number of carbonyl (C=O) groups is 1. The van der Waals surface area contributed by atoms with Crippen LogP contribution in [0.2, 0.25) is 0 Å². The van der Waals surface area contributed by atoms with Gasteiger partial charge >= 0.3 is 5.97 Å². The van der Waals surface area contributed by atoms with Crippen molar-refractivity contribution in [2.75, 3.05) is 0 Å². The van der Waals surface area contributed by atoms with Gasteiger partial charge in [0.25, 0.3) is 9.05 Å². The van der Waals surface area contributed by atoms with Crippen molar-refractivity contribution in [2.24, 2.45) is 0 Å². The zero-order valence-corrected chi connectivity index (χ0v) is 8.99. The number of benzene rings is 1. The molecule has 0 aliphatic carbocycles. The summed E-state index contributed by atoms with van der Waals surface area (Å²) < 4.78 is 21.9. The Morgan fingerprint density at radius 3 is 2.60 bits per heavy atom. The van der Waals surface area contributed by atoms with Crippen LogP contribution in [0.25, 0.3) is 6.08 Å². The lowest BCUT2D eigenvalue weighted by molar-refractivity contribution is -0.131. The van der Waals surface area contributed by atoms with E-state index in [-0.39, 0.29) is 4.90 Å². The maximum Gasteiger partial charge on any atom is 0.328 e. The van der Waals surface area contributed by atoms with Crippen LogP contribution in [-0.4, -0.2) is 19.5 Å². The highest BCUT2D eigenvalue weighted by molar-refractivity contribution is 8.13. The van der Waals surface area contributed by atoms with Gasteiger partial charge < -0.3 is 5.11 Å². The number of aliphatic carboxylic acids is 1. The van der Waals surface area contributed by atoms with Gasteiger partial charge in [-0.15, -0.1) is 0 Å². The van der Waals surface area contributed by atoms with Crippen molar-refractivity contribution < 1.29 is 18.3 Å². The number of hydrogen-bond acceptors (Lipinski definition) is 3. The van der Waals surface area contributed by atoms with Gasteiger partial charge in [-0.25, -0.2) is 13.2 Å². The van der Waals surface area contributed by atoms with Crippen molar-refractivity contribution >= 4 is 31.8 Å². The molecule has 0 aliphatic rings. The third-order valence-corrected chi connectivity index (χ3v) is 2.91. The van der Waals surface area contributed by atoms with E-state index >= 15 is 0 Å². The Balaban J connectivity index is 3.09. The molecule has 80 valence electrons. The lowest BCUT2D eigenvalue weighted by Crippen LogP contribution is -1.91. The second-order valence-electron chi connectivity index (χ2n) is 2.68. The molecule has 0 spiro atoms. The second kappa shape index (κ2) is 4.46. The molecule has 1 N–H and O–H groups in total. The summed E-state index contributed by atoms with van der Waals surface area (Å²) >= 11 is 0. The summed E-state index contributed by atoms with van der Waals surface area (Å²) in [6, 6.07) is 5.68. The molecule has 0 fully saturated rings. The first-order valence-corrected chi connectivity index (χ1v) is 6.16. The fourth-order valence-corrected chi connectivity index (χ4v) is 1.74. The molecule has 1 rings (SSSR count). The Kier molecular flexibility index (Phi) is 3.49. The normalized spacial score (nSPS) is 11.8. The smallest absolute Gasteiger partial charge is 0.328 e. The van der Waals surface area contributed by atoms with E-state index in [1.807, 2.05) is 0 Å². The quantitative estimate of drug-likeness (QED) is 0.651. The Hall–Kier alpha value is -1.33. The van der Waals surface area contributed by atoms with Crippen LogP contribution in [0.4, 0.5) is 0 Å². The summed E-state index contributed by atoms with van der Waals surface area (Å²) in [4.78, 5) is 10.2. The molecule has 0 saturated carbocycles. The Morgan fingerprint density at radius 1 is 1.40 bits per heavy atom. The summed E-state index contributed by atoms with van der Waals surface area (Å²) in [5.74, 6) is -1.10. The van der Waals surface area contributed by atoms with Crippen LogP contribution in [0.5, 0.6) is 0 Å². The van der Waals surface area contributed by atoms with Crippen molar-refractivity contribution in [3.63, 3.8) is 0 Å². The van der Waals surface area contributed by atoms with E-state index in [0.29, 0.717) is 5.56 Å². The third kappa shape index (κ3) is 3.73. The fourth-order valence-electron chi connectivity index (χ4n) is 0.937. The number of carboxylic acids is 1. The van der Waals surface area contributed by atoms with E-state index < -0.39 is 15.0 Å². The van der Waals surface area contributed by atoms with Crippen LogP contribution in [0.15, 0.2) is 35.2 Å². The van der Waals surface area contributed by atoms with E-state index in [9.17, 15) is 13.2 Å². The van der Waals surface area contributed by atoms with Crippen LogP contribution in [0.3, 0.4) is 0 Å². The molecular weight excluding hydrogens is 240 g/mol. The zero-order valence-electron chi connectivity index (χ0n) is 7.42. The topological polar surface area (TPSA) is 71.4 Å². The Labute approximate surface area is 91.2 Å². The molecule has 0 heterocycles. The predicted octanol–water partition coefficient (Wildman–Crippen LogP) is 1.71. The average molecular weight is 247 g/mol. The molecular formula is C9H7ClO4S. The maximum atomic E-state index is 10.9. The van der Waals surface area contributed by atoms with E-state index in [1.165, 1.54) is 24.3 Å². The lowest BCUT2D eigenvalue weighted by atomic mass is 10.2. The van der Waals surface area contributed by atoms with Gasteiger partial charge in [-0.05, 0) is 23.8 Å². The molecule has 1 aromatic rings. The van der Waals surface area contributed by atoms with Crippen molar-refractivity contribution in [1.82, 2.24) is 0 Å². The molecule has 15 heavy (non-hydrogen) atoms. The summed E-state index contributed by atoms with van der Waals surface area (Å²) in [6.07, 6.45) is 2.20. The predicted molar refractivity (Wildman–Crippen MR) is 56.2 cm³/mol. The van der Waals surface area contributed by atoms with E-state index in [0.717, 1.165) is 6.08 Å². The highest BCUT2D eigenvalue weighted by Gasteiger charge is 2.08. The standard InChI is InChI=1S/C9H7ClO4S/c10-15(13,14)8-3-1-2-7(6-8)4-5-9(11)12/h1-6H,(H,11,12)/b5-4+. The second-order valence-corrected chi connectivity index (χ2v) is 5.25. The van der Waals surface area contributed by atoms with Crippen molar-refractivity contribution in [1.29, 1.82) is 0 Å². The minimum absolute atomic E-state index is 0.0586. The van der Waals surface area contributed by atoms with Crippen molar-refractivity contribution in [2.45, 2.75) is 4.90 Å². The molecule has 0 bridgehead atoms. The Bertz CT molecular complexity index is 505. The highest BCUT2D eigenvalue weighted by atomic mass is 35.7. The average Bonchev–Trinajstić information content (AvgIpc) is 2.14. The summed E-state index contributed by atoms with van der Waals surface area (Å²) in [6.45, 7) is 0. The first-order chi connectivity index (χ1) is 6.89. The first kappa shape index (κ1) is 11.7. The molecule has 0 aromatic heterocycles. The van der Waals surface area contributed by atoms with Gasteiger partial charge in [-0.3, -0.25) is 0 Å². The van der Waals surface area contributed by atoms with Gasteiger partial charge in [0.2, 0.25) is 0 Å². The van der Waals surface area contributed by atoms with E-state index in [4.69, 9.17) is 15.8 Å². The minimum atomic E-state index is -3.77. The number of hydrogen-bond donors (Lipinski definition) is 1. The molecule has 0 amide bonds. The van der Waals surface area contributed by atoms with Crippen LogP contribution in [-0.2, 0) is 13.8 Å². The fraction of sp³-hybridized carbons (Fsp3) is 0. The van der Waals surface area contributed by atoms with Gasteiger partial charge in [0.15, 0.2) is 0 Å². The molecule has 0 aliphatic heterocycles. The third-order valence-electron chi connectivity index (χ3n) is 1.56. The SMILES string of the molecule is O=C(O)/C=C/c1cccc(S(=O)(=O)Cl)c1.